The molecule has 1 heterocycles. The van der Waals surface area contributed by atoms with Gasteiger partial charge in [0.1, 0.15) is 12.4 Å². The smallest absolute Gasteiger partial charge is 0.146 e. The first-order valence-corrected chi connectivity index (χ1v) is 3.63. The molecule has 2 aliphatic rings. The topological polar surface area (TPSA) is 50.1 Å². The number of fused-ring (bicyclic) bond motifs is 1. The van der Waals surface area contributed by atoms with Crippen LogP contribution in [0.25, 0.3) is 5.73 Å². The van der Waals surface area contributed by atoms with Crippen LogP contribution in [0, 0.1) is 38.5 Å². The minimum atomic E-state index is -0.847. The number of carbonyl (C=O) groups is 1. The molecule has 3 nitrogen and oxygen atoms in total. The van der Waals surface area contributed by atoms with Crippen LogP contribution < -0.4 is 0 Å². The van der Waals surface area contributed by atoms with Crippen molar-refractivity contribution in [3.05, 3.63) is 13.2 Å². The normalized spacial score (nSPS) is 30.7. The Bertz CT molecular complexity index is 201. The van der Waals surface area contributed by atoms with Gasteiger partial charge in [0.15, 0.2) is 0 Å². The predicted molar refractivity (Wildman–Crippen MR) is 42.1 cm³/mol. The largest absolute Gasteiger partial charge is 0.663 e. The van der Waals surface area contributed by atoms with Crippen LogP contribution in [0.2, 0.25) is 0 Å². The van der Waals surface area contributed by atoms with Crippen molar-refractivity contribution in [1.29, 1.82) is 0 Å². The fraction of sp³-hybridized carbons (Fsp3) is 0.750. The van der Waals surface area contributed by atoms with E-state index in [9.17, 15) is 4.79 Å². The molecule has 2 atom stereocenters. The maximum absolute atomic E-state index is 11.1. The van der Waals surface area contributed by atoms with Crippen LogP contribution in [0.15, 0.2) is 0 Å². The molecular formula is C8H13NO2UVWY-2. The predicted octanol–water partition coefficient (Wildman–Crippen LogP) is 1.37. The van der Waals surface area contributed by atoms with E-state index in [0.29, 0.717) is 6.42 Å². The van der Waals surface area contributed by atoms with Crippen LogP contribution in [-0.2, 0) is 81.9 Å². The summed E-state index contributed by atoms with van der Waals surface area (Å²) in [5.41, 5.74) is 6.88. The Morgan fingerprint density at radius 2 is 2.00 bits per heavy atom. The van der Waals surface area contributed by atoms with Crippen molar-refractivity contribution in [1.82, 2.24) is 0 Å². The van der Waals surface area contributed by atoms with E-state index in [1.165, 1.54) is 0 Å². The molecular weight excluding hydrogens is 704 g/mol. The van der Waals surface area contributed by atoms with E-state index in [-0.39, 0.29) is 129 Å². The number of nitrogens with one attached hydrogen (secondary N) is 1. The van der Waals surface area contributed by atoms with E-state index >= 15 is 0 Å². The molecule has 0 aromatic carbocycles. The summed E-state index contributed by atoms with van der Waals surface area (Å²) in [4.78, 5) is 11.1. The van der Waals surface area contributed by atoms with Gasteiger partial charge in [0.05, 0.1) is 6.10 Å². The molecule has 1 N–H and O–H groups in total. The molecule has 0 aromatic heterocycles. The Balaban J connectivity index is -0.000000121. The molecule has 0 aromatic rings. The number of ether oxygens (including phenoxy) is 1. The number of carbonyl (C=O) groups excluding carboxylic acids is 1. The molecule has 2 radical (unpaired) electrons. The van der Waals surface area contributed by atoms with Crippen molar-refractivity contribution in [2.24, 2.45) is 0 Å². The van der Waals surface area contributed by atoms with Gasteiger partial charge in [0, 0.05) is 103 Å². The van der Waals surface area contributed by atoms with Gasteiger partial charge in [-0.3, -0.25) is 4.79 Å². The fourth-order valence-electron chi connectivity index (χ4n) is 1.82. The molecule has 2 rings (SSSR count). The van der Waals surface area contributed by atoms with Gasteiger partial charge in [-0.15, -0.1) is 0 Å². The van der Waals surface area contributed by atoms with Crippen LogP contribution in [0.5, 0.6) is 0 Å². The number of ketones is 1. The fourth-order valence-corrected chi connectivity index (χ4v) is 1.82. The number of Topliss-reactive ketones (excluding diaryl/α,β-unsaturated/α-hetero) is 1. The Morgan fingerprint density at radius 1 is 1.47 bits per heavy atom. The molecule has 0 spiro atoms. The van der Waals surface area contributed by atoms with Crippen molar-refractivity contribution in [3.8, 4) is 0 Å². The molecule has 15 heavy (non-hydrogen) atoms. The maximum Gasteiger partial charge on any atom is 0.146 e. The molecule has 7 heteroatoms. The molecule has 0 bridgehead atoms. The molecule has 1 aliphatic heterocycles. The zero-order valence-electron chi connectivity index (χ0n) is 8.66. The average Bonchev–Trinajstić information content (AvgIpc) is 2.36. The van der Waals surface area contributed by atoms with Crippen LogP contribution in [0.3, 0.4) is 0 Å². The van der Waals surface area contributed by atoms with E-state index in [0.717, 1.165) is 12.8 Å². The Morgan fingerprint density at radius 3 is 2.47 bits per heavy atom. The zero-order chi connectivity index (χ0) is 7.19. The Labute approximate surface area is 167 Å². The maximum atomic E-state index is 11.1. The summed E-state index contributed by atoms with van der Waals surface area (Å²) in [6, 6.07) is 0. The van der Waals surface area contributed by atoms with Crippen LogP contribution >= 0.6 is 0 Å². The van der Waals surface area contributed by atoms with Crippen LogP contribution in [0.4, 0.5) is 0 Å². The molecule has 1 saturated carbocycles. The van der Waals surface area contributed by atoms with E-state index in [1.54, 1.807) is 0 Å². The molecule has 82 valence electrons. The van der Waals surface area contributed by atoms with Crippen LogP contribution in [0.1, 0.15) is 19.3 Å². The van der Waals surface area contributed by atoms with Gasteiger partial charge in [0.25, 0.3) is 0 Å². The number of hydrogen-bond donors (Lipinski definition) is 0. The van der Waals surface area contributed by atoms with Gasteiger partial charge >= 0.3 is 0 Å². The molecule has 0 unspecified atom stereocenters. The van der Waals surface area contributed by atoms with Crippen LogP contribution in [-0.4, -0.2) is 24.0 Å². The average molecular weight is 717 g/mol. The summed E-state index contributed by atoms with van der Waals surface area (Å²) in [5, 5.41) is 0. The monoisotopic (exact) mass is 717 g/mol. The van der Waals surface area contributed by atoms with E-state index in [1.807, 2.05) is 0 Å². The summed E-state index contributed by atoms with van der Waals surface area (Å²) >= 11 is 0. The second kappa shape index (κ2) is 10.9. The molecule has 1 saturated heterocycles. The quantitative estimate of drug-likeness (QED) is 0.356. The second-order valence-corrected chi connectivity index (χ2v) is 3.09. The van der Waals surface area contributed by atoms with Gasteiger partial charge in [-0.05, 0) is 12.0 Å². The first-order chi connectivity index (χ1) is 4.73. The minimum absolute atomic E-state index is 0. The van der Waals surface area contributed by atoms with Crippen molar-refractivity contribution >= 4 is 5.78 Å². The Hall–Kier alpha value is 3.02. The number of rotatable bonds is 0. The van der Waals surface area contributed by atoms with Gasteiger partial charge in [-0.1, -0.05) is 12.8 Å². The Kier molecular flexibility index (Phi) is 19.3. The number of hydrogen-bond acceptors (Lipinski definition) is 2. The summed E-state index contributed by atoms with van der Waals surface area (Å²) in [6.07, 6.45) is 2.49. The molecule has 0 amide bonds. The standard InChI is InChI=1S/C7H10NO2.CH3.U.V.W.Y/c8-7-3-1-2-6(7)10-4-5(7)9;;;;;/h6,8H,1-4H2;1H3;;;;/q2*-1;;;;/t6-,7+;;;;;/m1...../s1. The molecule has 1 aliphatic carbocycles. The zero-order valence-corrected chi connectivity index (χ0v) is 20.0. The minimum Gasteiger partial charge on any atom is -0.663 e. The van der Waals surface area contributed by atoms with E-state index < -0.39 is 5.54 Å². The summed E-state index contributed by atoms with van der Waals surface area (Å²) in [5.74, 6) is -0.0185. The van der Waals surface area contributed by atoms with Crippen molar-refractivity contribution in [2.45, 2.75) is 30.9 Å². The first kappa shape index (κ1) is 26.6. The van der Waals surface area contributed by atoms with Gasteiger partial charge < -0.3 is 17.9 Å². The third-order valence-corrected chi connectivity index (χ3v) is 2.50. The first-order valence-electron chi connectivity index (χ1n) is 3.63. The van der Waals surface area contributed by atoms with Crippen molar-refractivity contribution in [3.63, 3.8) is 0 Å². The second-order valence-electron chi connectivity index (χ2n) is 3.09. The van der Waals surface area contributed by atoms with E-state index in [4.69, 9.17) is 10.5 Å². The summed E-state index contributed by atoms with van der Waals surface area (Å²) in [7, 11) is 0. The van der Waals surface area contributed by atoms with Gasteiger partial charge in [0.2, 0.25) is 0 Å². The third-order valence-electron chi connectivity index (χ3n) is 2.50. The SMILES string of the molecule is [CH3-].[NH-][C@]12CCC[C@H]1OCC2=O.[U].[V].[W].[Y]. The van der Waals surface area contributed by atoms with Gasteiger partial charge in [-0.2, -0.15) is 0 Å². The van der Waals surface area contributed by atoms with E-state index in [2.05, 4.69) is 0 Å². The summed E-state index contributed by atoms with van der Waals surface area (Å²) < 4.78 is 5.16. The van der Waals surface area contributed by atoms with Crippen molar-refractivity contribution < 1.29 is 113 Å². The summed E-state index contributed by atoms with van der Waals surface area (Å²) in [6.45, 7) is 0.175. The third kappa shape index (κ3) is 5.26. The van der Waals surface area contributed by atoms with Crippen molar-refractivity contribution in [2.75, 3.05) is 6.61 Å². The molecule has 2 fully saturated rings. The van der Waals surface area contributed by atoms with Gasteiger partial charge in [-0.25, -0.2) is 0 Å².